The molecule has 3 nitrogen and oxygen atoms in total. The van der Waals surface area contributed by atoms with Gasteiger partial charge >= 0.3 is 5.97 Å². The Bertz CT molecular complexity index is 758. The fourth-order valence-corrected chi connectivity index (χ4v) is 2.98. The minimum absolute atomic E-state index is 0.303. The molecule has 3 heteroatoms. The van der Waals surface area contributed by atoms with Crippen LogP contribution in [0.25, 0.3) is 0 Å². The van der Waals surface area contributed by atoms with Gasteiger partial charge in [-0.15, -0.1) is 0 Å². The van der Waals surface area contributed by atoms with Gasteiger partial charge in [0.05, 0.1) is 5.56 Å². The molecular formula is C20H22O3. The SMILES string of the molecule is Cc1cc(C)c(OCc2c(C(=O)O)cccc2C2CC2)cc1C. The van der Waals surface area contributed by atoms with Crippen molar-refractivity contribution in [1.82, 2.24) is 0 Å². The van der Waals surface area contributed by atoms with Crippen LogP contribution in [0.3, 0.4) is 0 Å². The third-order valence-corrected chi connectivity index (χ3v) is 4.62. The van der Waals surface area contributed by atoms with Crippen LogP contribution in [0.2, 0.25) is 0 Å². The molecule has 0 saturated heterocycles. The average Bonchev–Trinajstić information content (AvgIpc) is 3.34. The molecular weight excluding hydrogens is 288 g/mol. The molecule has 0 spiro atoms. The molecule has 0 bridgehead atoms. The Morgan fingerprint density at radius 2 is 1.83 bits per heavy atom. The Balaban J connectivity index is 1.91. The number of ether oxygens (including phenoxy) is 1. The minimum Gasteiger partial charge on any atom is -0.489 e. The molecule has 2 aromatic carbocycles. The highest BCUT2D eigenvalue weighted by Gasteiger charge is 2.28. The molecule has 23 heavy (non-hydrogen) atoms. The van der Waals surface area contributed by atoms with Crippen molar-refractivity contribution in [2.45, 2.75) is 46.1 Å². The lowest BCUT2D eigenvalue weighted by Gasteiger charge is -2.16. The van der Waals surface area contributed by atoms with E-state index in [9.17, 15) is 9.90 Å². The predicted molar refractivity (Wildman–Crippen MR) is 90.4 cm³/mol. The van der Waals surface area contributed by atoms with Crippen LogP contribution in [0.4, 0.5) is 0 Å². The van der Waals surface area contributed by atoms with Crippen LogP contribution in [0.15, 0.2) is 30.3 Å². The van der Waals surface area contributed by atoms with Gasteiger partial charge in [-0.25, -0.2) is 4.79 Å². The van der Waals surface area contributed by atoms with Crippen molar-refractivity contribution in [3.05, 3.63) is 63.7 Å². The highest BCUT2D eigenvalue weighted by molar-refractivity contribution is 5.89. The molecule has 1 fully saturated rings. The zero-order chi connectivity index (χ0) is 16.6. The lowest BCUT2D eigenvalue weighted by molar-refractivity contribution is 0.0693. The van der Waals surface area contributed by atoms with Gasteiger partial charge in [-0.1, -0.05) is 18.2 Å². The standard InChI is InChI=1S/C20H22O3/c1-12-9-14(3)19(10-13(12)2)23-11-18-16(15-7-8-15)5-4-6-17(18)20(21)22/h4-6,9-10,15H,7-8,11H2,1-3H3,(H,21,22). The number of aromatic carboxylic acids is 1. The van der Waals surface area contributed by atoms with Gasteiger partial charge in [0.15, 0.2) is 0 Å². The monoisotopic (exact) mass is 310 g/mol. The van der Waals surface area contributed by atoms with Crippen molar-refractivity contribution in [3.63, 3.8) is 0 Å². The van der Waals surface area contributed by atoms with E-state index in [4.69, 9.17) is 4.74 Å². The molecule has 0 heterocycles. The van der Waals surface area contributed by atoms with Crippen molar-refractivity contribution >= 4 is 5.97 Å². The zero-order valence-corrected chi connectivity index (χ0v) is 13.8. The second-order valence-electron chi connectivity index (χ2n) is 6.44. The second-order valence-corrected chi connectivity index (χ2v) is 6.44. The lowest BCUT2D eigenvalue weighted by atomic mass is 9.98. The first kappa shape index (κ1) is 15.6. The van der Waals surface area contributed by atoms with Crippen LogP contribution >= 0.6 is 0 Å². The van der Waals surface area contributed by atoms with Gasteiger partial charge in [0.1, 0.15) is 12.4 Å². The van der Waals surface area contributed by atoms with Gasteiger partial charge < -0.3 is 9.84 Å². The fourth-order valence-electron chi connectivity index (χ4n) is 2.98. The zero-order valence-electron chi connectivity index (χ0n) is 13.8. The van der Waals surface area contributed by atoms with E-state index in [1.165, 1.54) is 11.1 Å². The summed E-state index contributed by atoms with van der Waals surface area (Å²) in [7, 11) is 0. The number of aryl methyl sites for hydroxylation is 3. The van der Waals surface area contributed by atoms with E-state index < -0.39 is 5.97 Å². The van der Waals surface area contributed by atoms with Crippen molar-refractivity contribution in [3.8, 4) is 5.75 Å². The van der Waals surface area contributed by atoms with E-state index in [1.54, 1.807) is 6.07 Å². The fraction of sp³-hybridized carbons (Fsp3) is 0.350. The molecule has 1 aliphatic rings. The summed E-state index contributed by atoms with van der Waals surface area (Å²) >= 11 is 0. The second kappa shape index (κ2) is 6.07. The average molecular weight is 310 g/mol. The van der Waals surface area contributed by atoms with Crippen LogP contribution in [0, 0.1) is 20.8 Å². The Labute approximate surface area is 136 Å². The van der Waals surface area contributed by atoms with Crippen LogP contribution in [-0.2, 0) is 6.61 Å². The summed E-state index contributed by atoms with van der Waals surface area (Å²) in [6.45, 7) is 6.46. The molecule has 1 N–H and O–H groups in total. The topological polar surface area (TPSA) is 46.5 Å². The Morgan fingerprint density at radius 3 is 2.48 bits per heavy atom. The maximum atomic E-state index is 11.5. The van der Waals surface area contributed by atoms with Gasteiger partial charge in [0, 0.05) is 5.56 Å². The number of hydrogen-bond acceptors (Lipinski definition) is 2. The van der Waals surface area contributed by atoms with Crippen molar-refractivity contribution in [2.75, 3.05) is 0 Å². The summed E-state index contributed by atoms with van der Waals surface area (Å²) in [4.78, 5) is 11.5. The van der Waals surface area contributed by atoms with E-state index in [-0.39, 0.29) is 0 Å². The van der Waals surface area contributed by atoms with Crippen molar-refractivity contribution < 1.29 is 14.6 Å². The number of hydrogen-bond donors (Lipinski definition) is 1. The summed E-state index contributed by atoms with van der Waals surface area (Å²) in [5, 5.41) is 9.47. The number of carbonyl (C=O) groups is 1. The largest absolute Gasteiger partial charge is 0.489 e. The Hall–Kier alpha value is -2.29. The van der Waals surface area contributed by atoms with Crippen molar-refractivity contribution in [2.24, 2.45) is 0 Å². The minimum atomic E-state index is -0.886. The number of carboxylic acids is 1. The lowest BCUT2D eigenvalue weighted by Crippen LogP contribution is -2.09. The first-order chi connectivity index (χ1) is 11.0. The summed E-state index contributed by atoms with van der Waals surface area (Å²) < 4.78 is 6.00. The third-order valence-electron chi connectivity index (χ3n) is 4.62. The summed E-state index contributed by atoms with van der Waals surface area (Å²) in [6, 6.07) is 9.68. The van der Waals surface area contributed by atoms with Crippen LogP contribution < -0.4 is 4.74 Å². The van der Waals surface area contributed by atoms with E-state index in [2.05, 4.69) is 19.9 Å². The smallest absolute Gasteiger partial charge is 0.336 e. The molecule has 0 aromatic heterocycles. The molecule has 0 amide bonds. The van der Waals surface area contributed by atoms with Crippen molar-refractivity contribution in [1.29, 1.82) is 0 Å². The number of carboxylic acid groups (broad SMARTS) is 1. The molecule has 120 valence electrons. The van der Waals surface area contributed by atoms with Gasteiger partial charge in [-0.2, -0.15) is 0 Å². The van der Waals surface area contributed by atoms with Gasteiger partial charge in [0.2, 0.25) is 0 Å². The molecule has 2 aromatic rings. The molecule has 0 atom stereocenters. The highest BCUT2D eigenvalue weighted by Crippen LogP contribution is 2.42. The molecule has 1 aliphatic carbocycles. The summed E-state index contributed by atoms with van der Waals surface area (Å²) in [5.41, 5.74) is 5.80. The van der Waals surface area contributed by atoms with Gasteiger partial charge in [-0.05, 0) is 73.9 Å². The third kappa shape index (κ3) is 3.24. The maximum absolute atomic E-state index is 11.5. The van der Waals surface area contributed by atoms with E-state index in [1.807, 2.05) is 25.1 Å². The molecule has 0 aliphatic heterocycles. The van der Waals surface area contributed by atoms with E-state index >= 15 is 0 Å². The Morgan fingerprint density at radius 1 is 1.13 bits per heavy atom. The molecule has 3 rings (SSSR count). The molecule has 0 unspecified atom stereocenters. The van der Waals surface area contributed by atoms with Crippen LogP contribution in [0.5, 0.6) is 5.75 Å². The maximum Gasteiger partial charge on any atom is 0.336 e. The predicted octanol–water partition coefficient (Wildman–Crippen LogP) is 4.77. The number of rotatable bonds is 5. The molecule has 1 saturated carbocycles. The van der Waals surface area contributed by atoms with Gasteiger partial charge in [0.25, 0.3) is 0 Å². The van der Waals surface area contributed by atoms with Crippen LogP contribution in [-0.4, -0.2) is 11.1 Å². The summed E-state index contributed by atoms with van der Waals surface area (Å²) in [6.07, 6.45) is 2.28. The normalized spacial score (nSPS) is 13.9. The van der Waals surface area contributed by atoms with Crippen LogP contribution in [0.1, 0.15) is 56.9 Å². The quantitative estimate of drug-likeness (QED) is 0.865. The number of benzene rings is 2. The highest BCUT2D eigenvalue weighted by atomic mass is 16.5. The molecule has 0 radical (unpaired) electrons. The van der Waals surface area contributed by atoms with E-state index in [0.717, 1.165) is 35.3 Å². The van der Waals surface area contributed by atoms with E-state index in [0.29, 0.717) is 18.1 Å². The first-order valence-corrected chi connectivity index (χ1v) is 8.03. The first-order valence-electron chi connectivity index (χ1n) is 8.03. The van der Waals surface area contributed by atoms with Gasteiger partial charge in [-0.3, -0.25) is 0 Å². The Kier molecular flexibility index (Phi) is 4.12. The summed E-state index contributed by atoms with van der Waals surface area (Å²) in [5.74, 6) is 0.437.